The second kappa shape index (κ2) is 4.33. The maximum Gasteiger partial charge on any atom is 0.245 e. The van der Waals surface area contributed by atoms with Crippen LogP contribution < -0.4 is 10.5 Å². The topological polar surface area (TPSA) is 61.0 Å². The minimum Gasteiger partial charge on any atom is -0.436 e. The SMILES string of the molecule is Nc1cncnc1Oc1cccc2ccccc12. The van der Waals surface area contributed by atoms with Gasteiger partial charge in [-0.2, -0.15) is 4.98 Å². The quantitative estimate of drug-likeness (QED) is 0.744. The molecule has 0 fully saturated rings. The van der Waals surface area contributed by atoms with Crippen LogP contribution in [0.5, 0.6) is 11.6 Å². The molecule has 88 valence electrons. The van der Waals surface area contributed by atoms with Gasteiger partial charge in [-0.25, -0.2) is 4.98 Å². The minimum absolute atomic E-state index is 0.376. The third-order valence-electron chi connectivity index (χ3n) is 2.66. The number of nitrogens with zero attached hydrogens (tertiary/aromatic N) is 2. The molecule has 3 aromatic rings. The Hall–Kier alpha value is -2.62. The smallest absolute Gasteiger partial charge is 0.245 e. The molecule has 2 N–H and O–H groups in total. The zero-order valence-electron chi connectivity index (χ0n) is 9.58. The normalized spacial score (nSPS) is 10.4. The van der Waals surface area contributed by atoms with E-state index < -0.39 is 0 Å². The van der Waals surface area contributed by atoms with E-state index in [-0.39, 0.29) is 0 Å². The van der Waals surface area contributed by atoms with Gasteiger partial charge in [0.2, 0.25) is 5.88 Å². The molecule has 0 aliphatic rings. The van der Waals surface area contributed by atoms with Crippen molar-refractivity contribution >= 4 is 16.5 Å². The minimum atomic E-state index is 0.376. The number of nitrogens with two attached hydrogens (primary N) is 1. The lowest BCUT2D eigenvalue weighted by molar-refractivity contribution is 0.469. The Labute approximate surface area is 104 Å². The maximum absolute atomic E-state index is 5.76. The fraction of sp³-hybridized carbons (Fsp3) is 0. The third-order valence-corrected chi connectivity index (χ3v) is 2.66. The zero-order chi connectivity index (χ0) is 12.4. The first-order valence-electron chi connectivity index (χ1n) is 5.56. The molecule has 0 atom stereocenters. The molecule has 1 heterocycles. The predicted molar refractivity (Wildman–Crippen MR) is 70.5 cm³/mol. The van der Waals surface area contributed by atoms with Gasteiger partial charge in [-0.3, -0.25) is 0 Å². The Morgan fingerprint density at radius 3 is 2.72 bits per heavy atom. The summed E-state index contributed by atoms with van der Waals surface area (Å²) in [6.07, 6.45) is 2.93. The van der Waals surface area contributed by atoms with E-state index in [0.717, 1.165) is 16.5 Å². The molecule has 0 saturated carbocycles. The number of fused-ring (bicyclic) bond motifs is 1. The van der Waals surface area contributed by atoms with E-state index in [1.54, 1.807) is 0 Å². The number of rotatable bonds is 2. The van der Waals surface area contributed by atoms with Crippen molar-refractivity contribution in [1.29, 1.82) is 0 Å². The molecule has 4 nitrogen and oxygen atoms in total. The number of anilines is 1. The number of benzene rings is 2. The van der Waals surface area contributed by atoms with Crippen molar-refractivity contribution in [3.63, 3.8) is 0 Å². The van der Waals surface area contributed by atoms with Crippen LogP contribution >= 0.6 is 0 Å². The van der Waals surface area contributed by atoms with Crippen molar-refractivity contribution in [2.45, 2.75) is 0 Å². The van der Waals surface area contributed by atoms with Crippen molar-refractivity contribution in [3.05, 3.63) is 55.0 Å². The summed E-state index contributed by atoms with van der Waals surface area (Å²) in [5.41, 5.74) is 6.18. The van der Waals surface area contributed by atoms with Crippen LogP contribution in [0, 0.1) is 0 Å². The summed E-state index contributed by atoms with van der Waals surface area (Å²) >= 11 is 0. The molecule has 1 aromatic heterocycles. The lowest BCUT2D eigenvalue weighted by Gasteiger charge is -2.09. The molecule has 0 radical (unpaired) electrons. The highest BCUT2D eigenvalue weighted by atomic mass is 16.5. The molecule has 18 heavy (non-hydrogen) atoms. The average molecular weight is 237 g/mol. The summed E-state index contributed by atoms with van der Waals surface area (Å²) in [5.74, 6) is 1.11. The monoisotopic (exact) mass is 237 g/mol. The van der Waals surface area contributed by atoms with Crippen molar-refractivity contribution in [2.24, 2.45) is 0 Å². The van der Waals surface area contributed by atoms with Gasteiger partial charge in [-0.15, -0.1) is 0 Å². The summed E-state index contributed by atoms with van der Waals surface area (Å²) < 4.78 is 5.75. The summed E-state index contributed by atoms with van der Waals surface area (Å²) in [5, 5.41) is 2.14. The first kappa shape index (κ1) is 10.5. The molecule has 0 aliphatic carbocycles. The zero-order valence-corrected chi connectivity index (χ0v) is 9.58. The Kier molecular flexibility index (Phi) is 2.53. The average Bonchev–Trinajstić information content (AvgIpc) is 2.42. The summed E-state index contributed by atoms with van der Waals surface area (Å²) in [7, 11) is 0. The number of nitrogen functional groups attached to an aromatic ring is 1. The van der Waals surface area contributed by atoms with Crippen LogP contribution in [0.15, 0.2) is 55.0 Å². The third kappa shape index (κ3) is 1.84. The fourth-order valence-corrected chi connectivity index (χ4v) is 1.80. The van der Waals surface area contributed by atoms with Crippen LogP contribution in [0.1, 0.15) is 0 Å². The molecule has 0 saturated heterocycles. The van der Waals surface area contributed by atoms with Gasteiger partial charge in [0.1, 0.15) is 17.8 Å². The van der Waals surface area contributed by atoms with Crippen molar-refractivity contribution in [3.8, 4) is 11.6 Å². The number of ether oxygens (including phenoxy) is 1. The number of aromatic nitrogens is 2. The molecule has 4 heteroatoms. The van der Waals surface area contributed by atoms with E-state index in [9.17, 15) is 0 Å². The summed E-state index contributed by atoms with van der Waals surface area (Å²) in [6.45, 7) is 0. The predicted octanol–water partition coefficient (Wildman–Crippen LogP) is 3.00. The van der Waals surface area contributed by atoms with E-state index in [0.29, 0.717) is 11.6 Å². The van der Waals surface area contributed by atoms with Crippen molar-refractivity contribution < 1.29 is 4.74 Å². The van der Waals surface area contributed by atoms with Crippen LogP contribution in [0.4, 0.5) is 5.69 Å². The van der Waals surface area contributed by atoms with Crippen molar-refractivity contribution in [2.75, 3.05) is 5.73 Å². The summed E-state index contributed by atoms with van der Waals surface area (Å²) in [6, 6.07) is 13.9. The Bertz CT molecular complexity index is 692. The van der Waals surface area contributed by atoms with Gasteiger partial charge in [0, 0.05) is 5.39 Å². The second-order valence-corrected chi connectivity index (χ2v) is 3.86. The van der Waals surface area contributed by atoms with Gasteiger partial charge >= 0.3 is 0 Å². The standard InChI is InChI=1S/C14H11N3O/c15-12-8-16-9-17-14(12)18-13-7-3-5-10-4-1-2-6-11(10)13/h1-9H,15H2. The van der Waals surface area contributed by atoms with Gasteiger partial charge in [0.15, 0.2) is 0 Å². The second-order valence-electron chi connectivity index (χ2n) is 3.86. The van der Waals surface area contributed by atoms with Gasteiger partial charge in [0.05, 0.1) is 6.20 Å². The molecule has 2 aromatic carbocycles. The first-order valence-corrected chi connectivity index (χ1v) is 5.56. The fourth-order valence-electron chi connectivity index (χ4n) is 1.80. The van der Waals surface area contributed by atoms with E-state index in [1.165, 1.54) is 12.5 Å². The lowest BCUT2D eigenvalue weighted by atomic mass is 10.1. The number of hydrogen-bond donors (Lipinski definition) is 1. The van der Waals surface area contributed by atoms with Crippen LogP contribution in [0.2, 0.25) is 0 Å². The molecular formula is C14H11N3O. The molecule has 3 rings (SSSR count). The molecule has 0 bridgehead atoms. The Morgan fingerprint density at radius 2 is 1.83 bits per heavy atom. The first-order chi connectivity index (χ1) is 8.84. The maximum atomic E-state index is 5.76. The van der Waals surface area contributed by atoms with Gasteiger partial charge in [-0.05, 0) is 11.5 Å². The summed E-state index contributed by atoms with van der Waals surface area (Å²) in [4.78, 5) is 7.85. The lowest BCUT2D eigenvalue weighted by Crippen LogP contribution is -1.95. The van der Waals surface area contributed by atoms with Crippen LogP contribution in [-0.2, 0) is 0 Å². The highest BCUT2D eigenvalue weighted by molar-refractivity contribution is 5.88. The van der Waals surface area contributed by atoms with Gasteiger partial charge in [-0.1, -0.05) is 36.4 Å². The van der Waals surface area contributed by atoms with E-state index in [1.807, 2.05) is 42.5 Å². The Morgan fingerprint density at radius 1 is 1.00 bits per heavy atom. The molecule has 0 aliphatic heterocycles. The van der Waals surface area contributed by atoms with Crippen molar-refractivity contribution in [1.82, 2.24) is 9.97 Å². The van der Waals surface area contributed by atoms with Crippen LogP contribution in [0.3, 0.4) is 0 Å². The van der Waals surface area contributed by atoms with E-state index in [4.69, 9.17) is 10.5 Å². The molecule has 0 spiro atoms. The highest BCUT2D eigenvalue weighted by Crippen LogP contribution is 2.30. The largest absolute Gasteiger partial charge is 0.436 e. The highest BCUT2D eigenvalue weighted by Gasteiger charge is 2.06. The Balaban J connectivity index is 2.08. The molecule has 0 amide bonds. The molecular weight excluding hydrogens is 226 g/mol. The van der Waals surface area contributed by atoms with Gasteiger partial charge < -0.3 is 10.5 Å². The van der Waals surface area contributed by atoms with Gasteiger partial charge in [0.25, 0.3) is 0 Å². The van der Waals surface area contributed by atoms with E-state index >= 15 is 0 Å². The molecule has 0 unspecified atom stereocenters. The number of hydrogen-bond acceptors (Lipinski definition) is 4. The van der Waals surface area contributed by atoms with E-state index in [2.05, 4.69) is 9.97 Å². The van der Waals surface area contributed by atoms with Crippen LogP contribution in [0.25, 0.3) is 10.8 Å². The van der Waals surface area contributed by atoms with Crippen LogP contribution in [-0.4, -0.2) is 9.97 Å².